The minimum absolute atomic E-state index is 0.0274. The molecule has 6 heteroatoms. The van der Waals surface area contributed by atoms with Crippen LogP contribution in [0.15, 0.2) is 0 Å². The summed E-state index contributed by atoms with van der Waals surface area (Å²) in [4.78, 5) is 10.4. The van der Waals surface area contributed by atoms with Crippen molar-refractivity contribution < 1.29 is 23.1 Å². The average Bonchev–Trinajstić information content (AvgIpc) is 2.12. The lowest BCUT2D eigenvalue weighted by molar-refractivity contribution is -0.140. The van der Waals surface area contributed by atoms with Gasteiger partial charge < -0.3 is 10.8 Å². The number of alkyl halides is 3. The van der Waals surface area contributed by atoms with Crippen LogP contribution in [0.3, 0.4) is 0 Å². The lowest BCUT2D eigenvalue weighted by Crippen LogP contribution is -2.21. The van der Waals surface area contributed by atoms with Gasteiger partial charge in [-0.1, -0.05) is 6.92 Å². The molecule has 3 N–H and O–H groups in total. The van der Waals surface area contributed by atoms with Crippen LogP contribution in [-0.4, -0.2) is 23.8 Å². The molecule has 16 heavy (non-hydrogen) atoms. The molecular formula is C10H18F3NO2. The van der Waals surface area contributed by atoms with Crippen molar-refractivity contribution in [2.75, 3.05) is 6.54 Å². The normalized spacial score (nSPS) is 15.8. The predicted molar refractivity (Wildman–Crippen MR) is 53.9 cm³/mol. The first kappa shape index (κ1) is 15.2. The number of nitrogens with two attached hydrogens (primary N) is 1. The SMILES string of the molecule is C[C@H](CCC(F)(F)F)C[C@H](CN)CC(=O)O. The Kier molecular flexibility index (Phi) is 6.40. The molecule has 0 aromatic rings. The molecule has 0 aliphatic rings. The van der Waals surface area contributed by atoms with Crippen LogP contribution in [0.5, 0.6) is 0 Å². The predicted octanol–water partition coefficient (Wildman–Crippen LogP) is 2.40. The summed E-state index contributed by atoms with van der Waals surface area (Å²) in [7, 11) is 0. The lowest BCUT2D eigenvalue weighted by atomic mass is 9.90. The van der Waals surface area contributed by atoms with Crippen molar-refractivity contribution in [1.82, 2.24) is 0 Å². The van der Waals surface area contributed by atoms with Gasteiger partial charge in [-0.25, -0.2) is 0 Å². The molecule has 0 spiro atoms. The fourth-order valence-corrected chi connectivity index (χ4v) is 1.61. The maximum atomic E-state index is 11.9. The van der Waals surface area contributed by atoms with Gasteiger partial charge >= 0.3 is 12.1 Å². The summed E-state index contributed by atoms with van der Waals surface area (Å²) in [6, 6.07) is 0. The number of hydrogen-bond acceptors (Lipinski definition) is 2. The van der Waals surface area contributed by atoms with Crippen molar-refractivity contribution in [3.63, 3.8) is 0 Å². The second-order valence-corrected chi connectivity index (χ2v) is 4.19. The number of carboxylic acid groups (broad SMARTS) is 1. The van der Waals surface area contributed by atoms with Crippen LogP contribution in [0.4, 0.5) is 13.2 Å². The molecule has 0 saturated carbocycles. The van der Waals surface area contributed by atoms with Gasteiger partial charge in [0, 0.05) is 12.8 Å². The maximum absolute atomic E-state index is 11.9. The Morgan fingerprint density at radius 3 is 2.38 bits per heavy atom. The van der Waals surface area contributed by atoms with Crippen molar-refractivity contribution in [3.8, 4) is 0 Å². The largest absolute Gasteiger partial charge is 0.481 e. The smallest absolute Gasteiger partial charge is 0.389 e. The van der Waals surface area contributed by atoms with Gasteiger partial charge in [0.2, 0.25) is 0 Å². The van der Waals surface area contributed by atoms with Gasteiger partial charge in [0.05, 0.1) is 0 Å². The first-order valence-electron chi connectivity index (χ1n) is 5.23. The maximum Gasteiger partial charge on any atom is 0.389 e. The van der Waals surface area contributed by atoms with Crippen LogP contribution in [0.2, 0.25) is 0 Å². The minimum atomic E-state index is -4.14. The van der Waals surface area contributed by atoms with Gasteiger partial charge in [-0.2, -0.15) is 13.2 Å². The Labute approximate surface area is 92.8 Å². The quantitative estimate of drug-likeness (QED) is 0.719. The molecule has 0 aliphatic carbocycles. The average molecular weight is 241 g/mol. The van der Waals surface area contributed by atoms with E-state index in [9.17, 15) is 18.0 Å². The molecular weight excluding hydrogens is 223 g/mol. The first-order valence-corrected chi connectivity index (χ1v) is 5.23. The van der Waals surface area contributed by atoms with Gasteiger partial charge in [0.15, 0.2) is 0 Å². The molecule has 2 atom stereocenters. The molecule has 0 fully saturated rings. The minimum Gasteiger partial charge on any atom is -0.481 e. The molecule has 0 rings (SSSR count). The van der Waals surface area contributed by atoms with Crippen LogP contribution in [0.1, 0.15) is 32.6 Å². The first-order chi connectivity index (χ1) is 7.24. The third-order valence-electron chi connectivity index (χ3n) is 2.45. The van der Waals surface area contributed by atoms with E-state index in [4.69, 9.17) is 10.8 Å². The molecule has 3 nitrogen and oxygen atoms in total. The number of halogens is 3. The van der Waals surface area contributed by atoms with Crippen LogP contribution < -0.4 is 5.73 Å². The molecule has 0 saturated heterocycles. The Hall–Kier alpha value is -0.780. The Bertz CT molecular complexity index is 219. The highest BCUT2D eigenvalue weighted by Gasteiger charge is 2.28. The van der Waals surface area contributed by atoms with E-state index in [-0.39, 0.29) is 31.2 Å². The summed E-state index contributed by atoms with van der Waals surface area (Å²) in [6.45, 7) is 1.89. The number of carbonyl (C=O) groups is 1. The van der Waals surface area contributed by atoms with Crippen molar-refractivity contribution >= 4 is 5.97 Å². The fraction of sp³-hybridized carbons (Fsp3) is 0.900. The van der Waals surface area contributed by atoms with E-state index < -0.39 is 18.6 Å². The van der Waals surface area contributed by atoms with Crippen molar-refractivity contribution in [2.24, 2.45) is 17.6 Å². The molecule has 0 bridgehead atoms. The topological polar surface area (TPSA) is 63.3 Å². The Balaban J connectivity index is 3.91. The summed E-state index contributed by atoms with van der Waals surface area (Å²) >= 11 is 0. The van der Waals surface area contributed by atoms with E-state index in [1.54, 1.807) is 6.92 Å². The molecule has 0 aromatic heterocycles. The molecule has 0 heterocycles. The number of rotatable bonds is 7. The fourth-order valence-electron chi connectivity index (χ4n) is 1.61. The summed E-state index contributed by atoms with van der Waals surface area (Å²) in [6.07, 6.45) is -4.58. The lowest BCUT2D eigenvalue weighted by Gasteiger charge is -2.18. The summed E-state index contributed by atoms with van der Waals surface area (Å²) in [5.74, 6) is -1.35. The molecule has 0 radical (unpaired) electrons. The van der Waals surface area contributed by atoms with Crippen LogP contribution >= 0.6 is 0 Å². The zero-order valence-electron chi connectivity index (χ0n) is 9.26. The molecule has 0 unspecified atom stereocenters. The summed E-state index contributed by atoms with van der Waals surface area (Å²) in [5.41, 5.74) is 5.37. The van der Waals surface area contributed by atoms with E-state index in [0.29, 0.717) is 6.42 Å². The summed E-state index contributed by atoms with van der Waals surface area (Å²) in [5, 5.41) is 8.55. The molecule has 96 valence electrons. The van der Waals surface area contributed by atoms with Gasteiger partial charge in [-0.05, 0) is 31.2 Å². The van der Waals surface area contributed by atoms with E-state index in [1.807, 2.05) is 0 Å². The highest BCUT2D eigenvalue weighted by molar-refractivity contribution is 5.67. The Morgan fingerprint density at radius 1 is 1.44 bits per heavy atom. The number of hydrogen-bond donors (Lipinski definition) is 2. The van der Waals surface area contributed by atoms with Gasteiger partial charge in [0.25, 0.3) is 0 Å². The van der Waals surface area contributed by atoms with Crippen LogP contribution in [-0.2, 0) is 4.79 Å². The second kappa shape index (κ2) is 6.73. The monoisotopic (exact) mass is 241 g/mol. The van der Waals surface area contributed by atoms with Gasteiger partial charge in [0.1, 0.15) is 0 Å². The van der Waals surface area contributed by atoms with E-state index >= 15 is 0 Å². The van der Waals surface area contributed by atoms with E-state index in [0.717, 1.165) is 0 Å². The standard InChI is InChI=1S/C10H18F3NO2/c1-7(2-3-10(11,12)13)4-8(6-14)5-9(15)16/h7-8H,2-6,14H2,1H3,(H,15,16)/t7-,8+/m1/s1. The van der Waals surface area contributed by atoms with Crippen molar-refractivity contribution in [1.29, 1.82) is 0 Å². The summed E-state index contributed by atoms with van der Waals surface area (Å²) < 4.78 is 35.8. The van der Waals surface area contributed by atoms with Gasteiger partial charge in [-0.3, -0.25) is 4.79 Å². The zero-order chi connectivity index (χ0) is 12.8. The zero-order valence-corrected chi connectivity index (χ0v) is 9.26. The van der Waals surface area contributed by atoms with E-state index in [1.165, 1.54) is 0 Å². The third kappa shape index (κ3) is 8.52. The van der Waals surface area contributed by atoms with E-state index in [2.05, 4.69) is 0 Å². The molecule has 0 aromatic carbocycles. The van der Waals surface area contributed by atoms with Crippen molar-refractivity contribution in [3.05, 3.63) is 0 Å². The molecule has 0 aliphatic heterocycles. The number of aliphatic carboxylic acids is 1. The molecule has 0 amide bonds. The highest BCUT2D eigenvalue weighted by Crippen LogP contribution is 2.27. The second-order valence-electron chi connectivity index (χ2n) is 4.19. The van der Waals surface area contributed by atoms with Gasteiger partial charge in [-0.15, -0.1) is 0 Å². The third-order valence-corrected chi connectivity index (χ3v) is 2.45. The van der Waals surface area contributed by atoms with Crippen LogP contribution in [0.25, 0.3) is 0 Å². The van der Waals surface area contributed by atoms with Crippen LogP contribution in [0, 0.1) is 11.8 Å². The highest BCUT2D eigenvalue weighted by atomic mass is 19.4. The van der Waals surface area contributed by atoms with Crippen molar-refractivity contribution in [2.45, 2.75) is 38.8 Å². The Morgan fingerprint density at radius 2 is 2.00 bits per heavy atom. The number of carboxylic acids is 1.